The molecule has 0 fully saturated rings. The molecule has 2 N–H and O–H groups in total. The zero-order chi connectivity index (χ0) is 15.2. The molecule has 0 heterocycles. The van der Waals surface area contributed by atoms with Crippen molar-refractivity contribution in [1.29, 1.82) is 0 Å². The molecule has 112 valence electrons. The molecule has 1 aromatic rings. The van der Waals surface area contributed by atoms with Crippen molar-refractivity contribution in [1.82, 2.24) is 0 Å². The summed E-state index contributed by atoms with van der Waals surface area (Å²) in [6, 6.07) is 4.29. The number of anilines is 1. The normalized spacial score (nSPS) is 12.8. The van der Waals surface area contributed by atoms with Gasteiger partial charge in [0.15, 0.2) is 0 Å². The van der Waals surface area contributed by atoms with E-state index < -0.39 is 18.4 Å². The number of carbonyl (C=O) groups is 1. The van der Waals surface area contributed by atoms with Crippen LogP contribution in [0.25, 0.3) is 0 Å². The molecular formula is C13H16F3NO3. The Kier molecular flexibility index (Phi) is 5.66. The largest absolute Gasteiger partial charge is 0.573 e. The standard InChI is InChI=1S/C13H16F3NO3/c1-2-3-7-11(12(18)19)17-9-5-4-6-10(8-9)20-13(14,15)16/h4-6,8,11,17H,2-3,7H2,1H3,(H,18,19). The number of alkyl halides is 3. The molecule has 0 aromatic heterocycles. The predicted molar refractivity (Wildman–Crippen MR) is 67.7 cm³/mol. The fourth-order valence-corrected chi connectivity index (χ4v) is 1.65. The number of hydrogen-bond donors (Lipinski definition) is 2. The van der Waals surface area contributed by atoms with E-state index in [-0.39, 0.29) is 11.4 Å². The number of hydrogen-bond acceptors (Lipinski definition) is 3. The van der Waals surface area contributed by atoms with Crippen LogP contribution in [-0.4, -0.2) is 23.5 Å². The zero-order valence-electron chi connectivity index (χ0n) is 10.9. The second-order valence-electron chi connectivity index (χ2n) is 4.25. The third-order valence-corrected chi connectivity index (χ3v) is 2.55. The van der Waals surface area contributed by atoms with Crippen molar-refractivity contribution in [3.8, 4) is 5.75 Å². The number of ether oxygens (including phenoxy) is 1. The van der Waals surface area contributed by atoms with Gasteiger partial charge in [-0.2, -0.15) is 0 Å². The summed E-state index contributed by atoms with van der Waals surface area (Å²) in [6.07, 6.45) is -2.82. The van der Waals surface area contributed by atoms with Gasteiger partial charge in [-0.15, -0.1) is 13.2 Å². The molecule has 0 aliphatic rings. The van der Waals surface area contributed by atoms with E-state index in [4.69, 9.17) is 5.11 Å². The Labute approximate surface area is 114 Å². The Morgan fingerprint density at radius 3 is 2.70 bits per heavy atom. The second-order valence-corrected chi connectivity index (χ2v) is 4.25. The topological polar surface area (TPSA) is 58.6 Å². The molecule has 7 heteroatoms. The number of nitrogens with one attached hydrogen (secondary N) is 1. The Hall–Kier alpha value is -1.92. The predicted octanol–water partition coefficient (Wildman–Crippen LogP) is 3.64. The Bertz CT molecular complexity index is 449. The highest BCUT2D eigenvalue weighted by atomic mass is 19.4. The SMILES string of the molecule is CCCCC(Nc1cccc(OC(F)(F)F)c1)C(=O)O. The Morgan fingerprint density at radius 2 is 2.15 bits per heavy atom. The van der Waals surface area contributed by atoms with E-state index in [0.717, 1.165) is 18.6 Å². The van der Waals surface area contributed by atoms with Crippen LogP contribution in [0.1, 0.15) is 26.2 Å². The van der Waals surface area contributed by atoms with Crippen LogP contribution in [0.15, 0.2) is 24.3 Å². The quantitative estimate of drug-likeness (QED) is 0.805. The average Bonchev–Trinajstić information content (AvgIpc) is 2.32. The molecule has 1 rings (SSSR count). The summed E-state index contributed by atoms with van der Waals surface area (Å²) in [7, 11) is 0. The van der Waals surface area contributed by atoms with Gasteiger partial charge in [0.05, 0.1) is 0 Å². The maximum atomic E-state index is 12.1. The van der Waals surface area contributed by atoms with E-state index >= 15 is 0 Å². The van der Waals surface area contributed by atoms with Gasteiger partial charge in [0.1, 0.15) is 11.8 Å². The average molecular weight is 291 g/mol. The van der Waals surface area contributed by atoms with Gasteiger partial charge in [-0.25, -0.2) is 4.79 Å². The maximum absolute atomic E-state index is 12.1. The van der Waals surface area contributed by atoms with Crippen molar-refractivity contribution in [3.63, 3.8) is 0 Å². The zero-order valence-corrected chi connectivity index (χ0v) is 10.9. The molecule has 0 saturated heterocycles. The molecule has 0 aliphatic heterocycles. The first-order valence-corrected chi connectivity index (χ1v) is 6.17. The summed E-state index contributed by atoms with van der Waals surface area (Å²) in [6.45, 7) is 1.93. The maximum Gasteiger partial charge on any atom is 0.573 e. The second kappa shape index (κ2) is 7.02. The molecule has 1 unspecified atom stereocenters. The van der Waals surface area contributed by atoms with Gasteiger partial charge in [-0.1, -0.05) is 25.8 Å². The number of aliphatic carboxylic acids is 1. The van der Waals surface area contributed by atoms with E-state index in [1.807, 2.05) is 6.92 Å². The van der Waals surface area contributed by atoms with Crippen LogP contribution in [0.4, 0.5) is 18.9 Å². The number of unbranched alkanes of at least 4 members (excludes halogenated alkanes) is 1. The van der Waals surface area contributed by atoms with Crippen molar-refractivity contribution in [2.24, 2.45) is 0 Å². The molecule has 1 atom stereocenters. The minimum Gasteiger partial charge on any atom is -0.480 e. The van der Waals surface area contributed by atoms with Crippen molar-refractivity contribution >= 4 is 11.7 Å². The number of carboxylic acids is 1. The van der Waals surface area contributed by atoms with Crippen LogP contribution < -0.4 is 10.1 Å². The van der Waals surface area contributed by atoms with Crippen LogP contribution in [0.3, 0.4) is 0 Å². The lowest BCUT2D eigenvalue weighted by Gasteiger charge is -2.16. The summed E-state index contributed by atoms with van der Waals surface area (Å²) in [4.78, 5) is 11.0. The number of carboxylic acid groups (broad SMARTS) is 1. The van der Waals surface area contributed by atoms with E-state index in [1.54, 1.807) is 0 Å². The molecule has 0 saturated carbocycles. The fraction of sp³-hybridized carbons (Fsp3) is 0.462. The molecule has 4 nitrogen and oxygen atoms in total. The lowest BCUT2D eigenvalue weighted by molar-refractivity contribution is -0.274. The monoisotopic (exact) mass is 291 g/mol. The minimum absolute atomic E-state index is 0.273. The fourth-order valence-electron chi connectivity index (χ4n) is 1.65. The van der Waals surface area contributed by atoms with Crippen LogP contribution in [0, 0.1) is 0 Å². The van der Waals surface area contributed by atoms with Gasteiger partial charge < -0.3 is 15.2 Å². The lowest BCUT2D eigenvalue weighted by Crippen LogP contribution is -2.29. The first kappa shape index (κ1) is 16.1. The minimum atomic E-state index is -4.77. The molecule has 1 aromatic carbocycles. The van der Waals surface area contributed by atoms with E-state index in [0.29, 0.717) is 12.8 Å². The molecular weight excluding hydrogens is 275 g/mol. The first-order valence-electron chi connectivity index (χ1n) is 6.17. The highest BCUT2D eigenvalue weighted by molar-refractivity contribution is 5.77. The smallest absolute Gasteiger partial charge is 0.480 e. The van der Waals surface area contributed by atoms with Crippen LogP contribution >= 0.6 is 0 Å². The van der Waals surface area contributed by atoms with Gasteiger partial charge in [-0.3, -0.25) is 0 Å². The highest BCUT2D eigenvalue weighted by Crippen LogP contribution is 2.25. The van der Waals surface area contributed by atoms with Crippen molar-refractivity contribution in [3.05, 3.63) is 24.3 Å². The lowest BCUT2D eigenvalue weighted by atomic mass is 10.1. The van der Waals surface area contributed by atoms with Crippen molar-refractivity contribution < 1.29 is 27.8 Å². The summed E-state index contributed by atoms with van der Waals surface area (Å²) >= 11 is 0. The van der Waals surface area contributed by atoms with Gasteiger partial charge >= 0.3 is 12.3 Å². The number of halogens is 3. The third kappa shape index (κ3) is 5.81. The number of rotatable bonds is 7. The molecule has 0 bridgehead atoms. The van der Waals surface area contributed by atoms with Gasteiger partial charge in [-0.05, 0) is 18.6 Å². The van der Waals surface area contributed by atoms with Crippen molar-refractivity contribution in [2.75, 3.05) is 5.32 Å². The molecule has 0 aliphatic carbocycles. The first-order chi connectivity index (χ1) is 9.31. The van der Waals surface area contributed by atoms with E-state index in [9.17, 15) is 18.0 Å². The highest BCUT2D eigenvalue weighted by Gasteiger charge is 2.31. The summed E-state index contributed by atoms with van der Waals surface area (Å²) in [5.41, 5.74) is 0.273. The number of benzene rings is 1. The van der Waals surface area contributed by atoms with E-state index in [1.165, 1.54) is 12.1 Å². The molecule has 20 heavy (non-hydrogen) atoms. The molecule has 0 radical (unpaired) electrons. The summed E-state index contributed by atoms with van der Waals surface area (Å²) < 4.78 is 40.1. The Morgan fingerprint density at radius 1 is 1.45 bits per heavy atom. The van der Waals surface area contributed by atoms with Crippen LogP contribution in [0.5, 0.6) is 5.75 Å². The van der Waals surface area contributed by atoms with E-state index in [2.05, 4.69) is 10.1 Å². The Balaban J connectivity index is 2.75. The summed E-state index contributed by atoms with van der Waals surface area (Å²) in [5.74, 6) is -1.43. The van der Waals surface area contributed by atoms with Crippen molar-refractivity contribution in [2.45, 2.75) is 38.6 Å². The van der Waals surface area contributed by atoms with Gasteiger partial charge in [0.2, 0.25) is 0 Å². The molecule has 0 spiro atoms. The van der Waals surface area contributed by atoms with Gasteiger partial charge in [0.25, 0.3) is 0 Å². The molecule has 0 amide bonds. The van der Waals surface area contributed by atoms with Crippen LogP contribution in [0.2, 0.25) is 0 Å². The third-order valence-electron chi connectivity index (χ3n) is 2.55. The van der Waals surface area contributed by atoms with Gasteiger partial charge in [0, 0.05) is 11.8 Å². The summed E-state index contributed by atoms with van der Waals surface area (Å²) in [5, 5.41) is 11.7. The van der Waals surface area contributed by atoms with Crippen LogP contribution in [-0.2, 0) is 4.79 Å².